The van der Waals surface area contributed by atoms with Crippen LogP contribution in [0.2, 0.25) is 0 Å². The Kier molecular flexibility index (Phi) is 3.26. The predicted molar refractivity (Wildman–Crippen MR) is 88.8 cm³/mol. The smallest absolute Gasteiger partial charge is 0.269 e. The number of carbonyl (C=O) groups excluding carboxylic acids is 2. The summed E-state index contributed by atoms with van der Waals surface area (Å²) < 4.78 is 0. The quantitative estimate of drug-likeness (QED) is 0.670. The molecule has 0 radical (unpaired) electrons. The SMILES string of the molecule is CNC(=O)c1[nH]nc2c1C(c1cccc3cnccc13)CC(=O)N2. The third-order valence-corrected chi connectivity index (χ3v) is 4.34. The Morgan fingerprint density at radius 3 is 3.04 bits per heavy atom. The molecule has 24 heavy (non-hydrogen) atoms. The number of aromatic nitrogens is 3. The molecule has 0 aliphatic carbocycles. The molecular weight excluding hydrogens is 306 g/mol. The van der Waals surface area contributed by atoms with Crippen LogP contribution < -0.4 is 10.6 Å². The van der Waals surface area contributed by atoms with Crippen molar-refractivity contribution in [1.29, 1.82) is 0 Å². The van der Waals surface area contributed by atoms with Crippen LogP contribution in [0, 0.1) is 0 Å². The van der Waals surface area contributed by atoms with Crippen molar-refractivity contribution in [3.05, 3.63) is 53.5 Å². The lowest BCUT2D eigenvalue weighted by atomic mass is 9.83. The van der Waals surface area contributed by atoms with Crippen molar-refractivity contribution in [1.82, 2.24) is 20.5 Å². The zero-order valence-corrected chi connectivity index (χ0v) is 13.0. The van der Waals surface area contributed by atoms with E-state index in [-0.39, 0.29) is 24.2 Å². The van der Waals surface area contributed by atoms with Crippen molar-refractivity contribution < 1.29 is 9.59 Å². The second-order valence-corrected chi connectivity index (χ2v) is 5.69. The highest BCUT2D eigenvalue weighted by atomic mass is 16.2. The first-order valence-electron chi connectivity index (χ1n) is 7.62. The van der Waals surface area contributed by atoms with Crippen molar-refractivity contribution in [2.75, 3.05) is 12.4 Å². The number of nitrogens with one attached hydrogen (secondary N) is 3. The molecule has 3 heterocycles. The van der Waals surface area contributed by atoms with E-state index in [0.29, 0.717) is 11.5 Å². The maximum absolute atomic E-state index is 12.2. The molecule has 2 aromatic heterocycles. The molecule has 1 aliphatic heterocycles. The predicted octanol–water partition coefficient (Wildman–Crippen LogP) is 1.79. The van der Waals surface area contributed by atoms with Crippen molar-refractivity contribution in [2.45, 2.75) is 12.3 Å². The number of benzene rings is 1. The van der Waals surface area contributed by atoms with E-state index in [0.717, 1.165) is 21.9 Å². The molecule has 0 fully saturated rings. The van der Waals surface area contributed by atoms with E-state index < -0.39 is 0 Å². The Morgan fingerprint density at radius 1 is 1.33 bits per heavy atom. The lowest BCUT2D eigenvalue weighted by Crippen LogP contribution is -2.26. The van der Waals surface area contributed by atoms with Gasteiger partial charge in [-0.2, -0.15) is 5.10 Å². The third-order valence-electron chi connectivity index (χ3n) is 4.34. The van der Waals surface area contributed by atoms with Crippen LogP contribution in [0.5, 0.6) is 0 Å². The second kappa shape index (κ2) is 5.45. The summed E-state index contributed by atoms with van der Waals surface area (Å²) >= 11 is 0. The maximum Gasteiger partial charge on any atom is 0.269 e. The number of carbonyl (C=O) groups is 2. The number of hydrogen-bond acceptors (Lipinski definition) is 4. The Balaban J connectivity index is 1.95. The van der Waals surface area contributed by atoms with Gasteiger partial charge in [-0.1, -0.05) is 18.2 Å². The van der Waals surface area contributed by atoms with Gasteiger partial charge in [0.15, 0.2) is 5.82 Å². The fourth-order valence-electron chi connectivity index (χ4n) is 3.27. The number of aromatic amines is 1. The average molecular weight is 321 g/mol. The molecule has 0 spiro atoms. The molecular formula is C17H15N5O2. The molecule has 1 aromatic carbocycles. The van der Waals surface area contributed by atoms with Gasteiger partial charge >= 0.3 is 0 Å². The monoisotopic (exact) mass is 321 g/mol. The first-order valence-corrected chi connectivity index (χ1v) is 7.62. The van der Waals surface area contributed by atoms with Crippen LogP contribution in [0.15, 0.2) is 36.7 Å². The second-order valence-electron chi connectivity index (χ2n) is 5.69. The number of H-pyrrole nitrogens is 1. The van der Waals surface area contributed by atoms with Gasteiger partial charge in [0, 0.05) is 42.7 Å². The summed E-state index contributed by atoms with van der Waals surface area (Å²) in [5.74, 6) is -0.202. The van der Waals surface area contributed by atoms with Gasteiger partial charge in [0.2, 0.25) is 5.91 Å². The van der Waals surface area contributed by atoms with Crippen molar-refractivity contribution >= 4 is 28.4 Å². The molecule has 0 saturated carbocycles. The number of fused-ring (bicyclic) bond motifs is 2. The van der Waals surface area contributed by atoms with E-state index in [4.69, 9.17) is 0 Å². The van der Waals surface area contributed by atoms with Crippen LogP contribution in [-0.4, -0.2) is 34.0 Å². The van der Waals surface area contributed by atoms with Crippen LogP contribution in [0.25, 0.3) is 10.8 Å². The van der Waals surface area contributed by atoms with Crippen molar-refractivity contribution in [3.8, 4) is 0 Å². The van der Waals surface area contributed by atoms with Crippen LogP contribution in [0.3, 0.4) is 0 Å². The molecule has 3 aromatic rings. The Labute approximate surface area is 137 Å². The number of rotatable bonds is 2. The topological polar surface area (TPSA) is 99.8 Å². The molecule has 4 rings (SSSR count). The van der Waals surface area contributed by atoms with Crippen molar-refractivity contribution in [3.63, 3.8) is 0 Å². The lowest BCUT2D eigenvalue weighted by Gasteiger charge is -2.24. The highest BCUT2D eigenvalue weighted by Gasteiger charge is 2.34. The molecule has 7 heteroatoms. The molecule has 1 unspecified atom stereocenters. The first-order chi connectivity index (χ1) is 11.7. The molecule has 0 bridgehead atoms. The van der Waals surface area contributed by atoms with Crippen molar-refractivity contribution in [2.24, 2.45) is 0 Å². The summed E-state index contributed by atoms with van der Waals surface area (Å²) in [6.07, 6.45) is 3.78. The van der Waals surface area contributed by atoms with E-state index in [2.05, 4.69) is 25.8 Å². The fourth-order valence-corrected chi connectivity index (χ4v) is 3.27. The minimum absolute atomic E-state index is 0.117. The fraction of sp³-hybridized carbons (Fsp3) is 0.176. The van der Waals surface area contributed by atoms with E-state index >= 15 is 0 Å². The number of nitrogens with zero attached hydrogens (tertiary/aromatic N) is 2. The number of pyridine rings is 1. The molecule has 0 saturated heterocycles. The summed E-state index contributed by atoms with van der Waals surface area (Å²) in [5.41, 5.74) is 2.08. The molecule has 2 amide bonds. The Hall–Kier alpha value is -3.22. The van der Waals surface area contributed by atoms with Gasteiger partial charge in [-0.3, -0.25) is 19.7 Å². The summed E-state index contributed by atoms with van der Waals surface area (Å²) in [7, 11) is 1.57. The first kappa shape index (κ1) is 14.4. The molecule has 1 atom stereocenters. The summed E-state index contributed by atoms with van der Waals surface area (Å²) in [5, 5.41) is 14.2. The molecule has 3 N–H and O–H groups in total. The van der Waals surface area contributed by atoms with Crippen LogP contribution >= 0.6 is 0 Å². The minimum Gasteiger partial charge on any atom is -0.354 e. The van der Waals surface area contributed by atoms with Gasteiger partial charge in [-0.25, -0.2) is 0 Å². The minimum atomic E-state index is -0.258. The van der Waals surface area contributed by atoms with Crippen LogP contribution in [-0.2, 0) is 4.79 Å². The Bertz CT molecular complexity index is 957. The van der Waals surface area contributed by atoms with Gasteiger partial charge in [0.05, 0.1) is 0 Å². The van der Waals surface area contributed by atoms with Gasteiger partial charge in [-0.15, -0.1) is 0 Å². The number of hydrogen-bond donors (Lipinski definition) is 3. The third kappa shape index (κ3) is 2.13. The molecule has 1 aliphatic rings. The van der Waals surface area contributed by atoms with Gasteiger partial charge < -0.3 is 10.6 Å². The summed E-state index contributed by atoms with van der Waals surface area (Å²) in [4.78, 5) is 28.4. The van der Waals surface area contributed by atoms with E-state index in [1.54, 1.807) is 19.4 Å². The van der Waals surface area contributed by atoms with Gasteiger partial charge in [0.1, 0.15) is 5.69 Å². The maximum atomic E-state index is 12.2. The van der Waals surface area contributed by atoms with Crippen LogP contribution in [0.1, 0.15) is 34.0 Å². The van der Waals surface area contributed by atoms with E-state index in [1.807, 2.05) is 24.3 Å². The van der Waals surface area contributed by atoms with E-state index in [9.17, 15) is 9.59 Å². The van der Waals surface area contributed by atoms with E-state index in [1.165, 1.54) is 0 Å². The molecule has 120 valence electrons. The van der Waals surface area contributed by atoms with Gasteiger partial charge in [-0.05, 0) is 17.0 Å². The Morgan fingerprint density at radius 2 is 2.21 bits per heavy atom. The summed E-state index contributed by atoms with van der Waals surface area (Å²) in [6, 6.07) is 7.82. The zero-order valence-electron chi connectivity index (χ0n) is 13.0. The molecule has 7 nitrogen and oxygen atoms in total. The number of anilines is 1. The van der Waals surface area contributed by atoms with Gasteiger partial charge in [0.25, 0.3) is 5.91 Å². The lowest BCUT2D eigenvalue weighted by molar-refractivity contribution is -0.116. The largest absolute Gasteiger partial charge is 0.354 e. The standard InChI is InChI=1S/C17H15N5O2/c1-18-17(24)15-14-12(7-13(23)20-16(14)22-21-15)11-4-2-3-9-8-19-6-5-10(9)11/h2-6,8,12H,7H2,1H3,(H,18,24)(H2,20,21,22,23). The normalized spacial score (nSPS) is 16.5. The number of amides is 2. The average Bonchev–Trinajstić information content (AvgIpc) is 3.03. The summed E-state index contributed by atoms with van der Waals surface area (Å²) in [6.45, 7) is 0. The van der Waals surface area contributed by atoms with Crippen LogP contribution in [0.4, 0.5) is 5.82 Å². The highest BCUT2D eigenvalue weighted by Crippen LogP contribution is 2.40. The zero-order chi connectivity index (χ0) is 16.7. The highest BCUT2D eigenvalue weighted by molar-refractivity contribution is 6.01.